The van der Waals surface area contributed by atoms with E-state index in [1.165, 1.54) is 17.8 Å². The van der Waals surface area contributed by atoms with E-state index >= 15 is 0 Å². The Morgan fingerprint density at radius 1 is 1.26 bits per heavy atom. The standard InChI is InChI=1S/C20H16ClN3O2S/c21-16-3-1-2-14(10-16)6-9-19(25)24-13-27-12-18(24)20(26)23-17-7-4-15(11-22)5-8-17/h1-10,18H,12-13H2,(H,23,26)/b9-6+. The third-order valence-corrected chi connectivity index (χ3v) is 5.26. The molecule has 5 nitrogen and oxygen atoms in total. The molecule has 1 atom stereocenters. The molecule has 1 aliphatic rings. The van der Waals surface area contributed by atoms with Gasteiger partial charge in [-0.3, -0.25) is 9.59 Å². The molecule has 2 amide bonds. The number of thioether (sulfide) groups is 1. The number of amides is 2. The van der Waals surface area contributed by atoms with Gasteiger partial charge in [0, 0.05) is 22.5 Å². The molecule has 1 heterocycles. The Bertz CT molecular complexity index is 922. The van der Waals surface area contributed by atoms with Gasteiger partial charge in [-0.05, 0) is 48.0 Å². The SMILES string of the molecule is N#Cc1ccc(NC(=O)C2CSCN2C(=O)/C=C/c2cccc(Cl)c2)cc1. The minimum atomic E-state index is -0.540. The van der Waals surface area contributed by atoms with Gasteiger partial charge in [0.2, 0.25) is 11.8 Å². The number of carbonyl (C=O) groups is 2. The first-order valence-corrected chi connectivity index (χ1v) is 9.73. The lowest BCUT2D eigenvalue weighted by molar-refractivity contribution is -0.132. The van der Waals surface area contributed by atoms with E-state index in [4.69, 9.17) is 16.9 Å². The minimum absolute atomic E-state index is 0.222. The molecule has 3 rings (SSSR count). The quantitative estimate of drug-likeness (QED) is 0.797. The molecule has 0 saturated carbocycles. The van der Waals surface area contributed by atoms with Crippen molar-refractivity contribution in [2.24, 2.45) is 0 Å². The highest BCUT2D eigenvalue weighted by molar-refractivity contribution is 7.99. The predicted octanol–water partition coefficient (Wildman–Crippen LogP) is 3.77. The molecular weight excluding hydrogens is 382 g/mol. The Morgan fingerprint density at radius 2 is 2.04 bits per heavy atom. The van der Waals surface area contributed by atoms with Crippen LogP contribution in [0.4, 0.5) is 5.69 Å². The van der Waals surface area contributed by atoms with E-state index in [1.54, 1.807) is 47.4 Å². The third-order valence-electron chi connectivity index (χ3n) is 4.02. The lowest BCUT2D eigenvalue weighted by atomic mass is 10.2. The van der Waals surface area contributed by atoms with Crippen LogP contribution in [0.3, 0.4) is 0 Å². The number of hydrogen-bond donors (Lipinski definition) is 1. The van der Waals surface area contributed by atoms with E-state index in [2.05, 4.69) is 5.32 Å². The summed E-state index contributed by atoms with van der Waals surface area (Å²) in [5.74, 6) is 0.539. The normalized spacial score (nSPS) is 16.3. The summed E-state index contributed by atoms with van der Waals surface area (Å²) in [4.78, 5) is 26.7. The predicted molar refractivity (Wildman–Crippen MR) is 108 cm³/mol. The molecule has 136 valence electrons. The number of nitriles is 1. The van der Waals surface area contributed by atoms with Crippen LogP contribution in [-0.2, 0) is 9.59 Å². The number of nitrogens with zero attached hydrogens (tertiary/aromatic N) is 2. The average Bonchev–Trinajstić information content (AvgIpc) is 3.17. The summed E-state index contributed by atoms with van der Waals surface area (Å²) in [5.41, 5.74) is 1.94. The average molecular weight is 398 g/mol. The first-order valence-electron chi connectivity index (χ1n) is 8.20. The van der Waals surface area contributed by atoms with Crippen molar-refractivity contribution in [1.82, 2.24) is 4.90 Å². The molecule has 1 unspecified atom stereocenters. The van der Waals surface area contributed by atoms with E-state index in [0.717, 1.165) is 5.56 Å². The lowest BCUT2D eigenvalue weighted by Gasteiger charge is -2.21. The van der Waals surface area contributed by atoms with Crippen molar-refractivity contribution >= 4 is 46.9 Å². The van der Waals surface area contributed by atoms with Gasteiger partial charge in [-0.15, -0.1) is 11.8 Å². The van der Waals surface area contributed by atoms with E-state index in [9.17, 15) is 9.59 Å². The number of nitrogens with one attached hydrogen (secondary N) is 1. The van der Waals surface area contributed by atoms with Crippen LogP contribution in [0.15, 0.2) is 54.6 Å². The molecule has 0 bridgehead atoms. The second-order valence-corrected chi connectivity index (χ2v) is 7.33. The van der Waals surface area contributed by atoms with Gasteiger partial charge in [0.05, 0.1) is 17.5 Å². The van der Waals surface area contributed by atoms with Crippen molar-refractivity contribution in [2.75, 3.05) is 16.9 Å². The summed E-state index contributed by atoms with van der Waals surface area (Å²) in [6, 6.07) is 15.3. The Kier molecular flexibility index (Phi) is 6.17. The maximum Gasteiger partial charge on any atom is 0.248 e. The van der Waals surface area contributed by atoms with Gasteiger partial charge in [-0.2, -0.15) is 5.26 Å². The topological polar surface area (TPSA) is 73.2 Å². The van der Waals surface area contributed by atoms with Crippen LogP contribution in [0, 0.1) is 11.3 Å². The zero-order valence-corrected chi connectivity index (χ0v) is 15.8. The zero-order chi connectivity index (χ0) is 19.2. The fourth-order valence-corrected chi connectivity index (χ4v) is 3.97. The van der Waals surface area contributed by atoms with Crippen molar-refractivity contribution in [3.8, 4) is 6.07 Å². The third kappa shape index (κ3) is 4.91. The van der Waals surface area contributed by atoms with Crippen LogP contribution in [-0.4, -0.2) is 34.4 Å². The maximum atomic E-state index is 12.6. The molecule has 7 heteroatoms. The largest absolute Gasteiger partial charge is 0.324 e. The molecule has 0 spiro atoms. The molecule has 1 aliphatic heterocycles. The van der Waals surface area contributed by atoms with Gasteiger partial charge in [0.25, 0.3) is 0 Å². The Balaban J connectivity index is 1.65. The van der Waals surface area contributed by atoms with Gasteiger partial charge < -0.3 is 10.2 Å². The molecule has 1 N–H and O–H groups in total. The Morgan fingerprint density at radius 3 is 2.74 bits per heavy atom. The Hall–Kier alpha value is -2.75. The number of halogens is 1. The molecule has 2 aromatic rings. The summed E-state index contributed by atoms with van der Waals surface area (Å²) in [6.45, 7) is 0. The molecule has 27 heavy (non-hydrogen) atoms. The summed E-state index contributed by atoms with van der Waals surface area (Å²) in [5, 5.41) is 12.2. The van der Waals surface area contributed by atoms with Crippen molar-refractivity contribution in [1.29, 1.82) is 5.26 Å². The first-order chi connectivity index (χ1) is 13.1. The number of anilines is 1. The first kappa shape index (κ1) is 19.0. The fourth-order valence-electron chi connectivity index (χ4n) is 2.60. The summed E-state index contributed by atoms with van der Waals surface area (Å²) >= 11 is 7.48. The number of rotatable bonds is 4. The van der Waals surface area contributed by atoms with Crippen molar-refractivity contribution in [3.63, 3.8) is 0 Å². The number of hydrogen-bond acceptors (Lipinski definition) is 4. The summed E-state index contributed by atoms with van der Waals surface area (Å²) in [6.07, 6.45) is 3.15. The van der Waals surface area contributed by atoms with Crippen LogP contribution in [0.2, 0.25) is 5.02 Å². The Labute approximate surface area is 166 Å². The van der Waals surface area contributed by atoms with Gasteiger partial charge in [-0.25, -0.2) is 0 Å². The molecule has 0 aromatic heterocycles. The smallest absolute Gasteiger partial charge is 0.248 e. The lowest BCUT2D eigenvalue weighted by Crippen LogP contribution is -2.43. The van der Waals surface area contributed by atoms with Gasteiger partial charge in [0.1, 0.15) is 6.04 Å². The molecule has 2 aromatic carbocycles. The molecule has 1 saturated heterocycles. The van der Waals surface area contributed by atoms with Gasteiger partial charge in [-0.1, -0.05) is 23.7 Å². The molecular formula is C20H16ClN3O2S. The molecule has 1 fully saturated rings. The number of benzene rings is 2. The molecule has 0 radical (unpaired) electrons. The highest BCUT2D eigenvalue weighted by Crippen LogP contribution is 2.23. The summed E-state index contributed by atoms with van der Waals surface area (Å²) in [7, 11) is 0. The second kappa shape index (κ2) is 8.76. The van der Waals surface area contributed by atoms with E-state index in [1.807, 2.05) is 18.2 Å². The van der Waals surface area contributed by atoms with Crippen molar-refractivity contribution in [3.05, 3.63) is 70.8 Å². The van der Waals surface area contributed by atoms with Crippen molar-refractivity contribution in [2.45, 2.75) is 6.04 Å². The monoisotopic (exact) mass is 397 g/mol. The van der Waals surface area contributed by atoms with Crippen LogP contribution >= 0.6 is 23.4 Å². The van der Waals surface area contributed by atoms with E-state index in [0.29, 0.717) is 27.9 Å². The highest BCUT2D eigenvalue weighted by Gasteiger charge is 2.33. The van der Waals surface area contributed by atoms with Crippen LogP contribution in [0.25, 0.3) is 6.08 Å². The van der Waals surface area contributed by atoms with Crippen LogP contribution < -0.4 is 5.32 Å². The van der Waals surface area contributed by atoms with Gasteiger partial charge >= 0.3 is 0 Å². The van der Waals surface area contributed by atoms with Crippen LogP contribution in [0.5, 0.6) is 0 Å². The number of carbonyl (C=O) groups excluding carboxylic acids is 2. The van der Waals surface area contributed by atoms with E-state index in [-0.39, 0.29) is 11.8 Å². The van der Waals surface area contributed by atoms with Crippen LogP contribution in [0.1, 0.15) is 11.1 Å². The molecule has 0 aliphatic carbocycles. The van der Waals surface area contributed by atoms with Crippen molar-refractivity contribution < 1.29 is 9.59 Å². The highest BCUT2D eigenvalue weighted by atomic mass is 35.5. The van der Waals surface area contributed by atoms with E-state index < -0.39 is 6.04 Å². The second-order valence-electron chi connectivity index (χ2n) is 5.89. The van der Waals surface area contributed by atoms with Gasteiger partial charge in [0.15, 0.2) is 0 Å². The maximum absolute atomic E-state index is 12.6. The zero-order valence-electron chi connectivity index (χ0n) is 14.3. The fraction of sp³-hybridized carbons (Fsp3) is 0.150. The summed E-state index contributed by atoms with van der Waals surface area (Å²) < 4.78 is 0. The minimum Gasteiger partial charge on any atom is -0.324 e.